The van der Waals surface area contributed by atoms with Gasteiger partial charge in [0.2, 0.25) is 5.91 Å². The highest BCUT2D eigenvalue weighted by Crippen LogP contribution is 2.23. The van der Waals surface area contributed by atoms with E-state index >= 15 is 0 Å². The Hall–Kier alpha value is -1.55. The van der Waals surface area contributed by atoms with Gasteiger partial charge in [0.05, 0.1) is 17.1 Å². The van der Waals surface area contributed by atoms with Gasteiger partial charge in [0.25, 0.3) is 0 Å². The van der Waals surface area contributed by atoms with Gasteiger partial charge in [-0.05, 0) is 40.8 Å². The lowest BCUT2D eigenvalue weighted by molar-refractivity contribution is -0.140. The standard InChI is InChI=1S/C11H11ClIN3O4/c12-6-3-5(13)1-2-7(6)15-11(20)16-8(10(18)19)4-9(14)17/h1-3,8H,4H2,(H2,14,17)(H,18,19)(H2,15,16,20)/t8-/m1/s1. The Morgan fingerprint density at radius 2 is 2.05 bits per heavy atom. The van der Waals surface area contributed by atoms with E-state index in [0.717, 1.165) is 3.57 Å². The molecule has 0 heterocycles. The molecule has 0 aliphatic rings. The van der Waals surface area contributed by atoms with E-state index in [0.29, 0.717) is 10.7 Å². The fourth-order valence-corrected chi connectivity index (χ4v) is 2.21. The van der Waals surface area contributed by atoms with E-state index < -0.39 is 30.4 Å². The molecule has 0 saturated heterocycles. The average molecular weight is 412 g/mol. The van der Waals surface area contributed by atoms with Crippen molar-refractivity contribution in [1.82, 2.24) is 5.32 Å². The molecule has 3 amide bonds. The number of aliphatic carboxylic acids is 1. The van der Waals surface area contributed by atoms with E-state index in [2.05, 4.69) is 33.2 Å². The number of urea groups is 1. The third kappa shape index (κ3) is 5.21. The summed E-state index contributed by atoms with van der Waals surface area (Å²) in [5, 5.41) is 13.7. The molecule has 0 aliphatic heterocycles. The number of carbonyl (C=O) groups excluding carboxylic acids is 2. The van der Waals surface area contributed by atoms with Crippen molar-refractivity contribution in [2.45, 2.75) is 12.5 Å². The lowest BCUT2D eigenvalue weighted by Gasteiger charge is -2.14. The molecule has 0 bridgehead atoms. The molecular weight excluding hydrogens is 400 g/mol. The SMILES string of the molecule is NC(=O)C[C@@H](NC(=O)Nc1ccc(I)cc1Cl)C(=O)O. The highest BCUT2D eigenvalue weighted by Gasteiger charge is 2.22. The number of halogens is 2. The van der Waals surface area contributed by atoms with Gasteiger partial charge in [0.15, 0.2) is 0 Å². The quantitative estimate of drug-likeness (QED) is 0.547. The molecule has 0 aromatic heterocycles. The van der Waals surface area contributed by atoms with Gasteiger partial charge in [-0.1, -0.05) is 11.6 Å². The van der Waals surface area contributed by atoms with Crippen molar-refractivity contribution in [1.29, 1.82) is 0 Å². The minimum absolute atomic E-state index is 0.314. The summed E-state index contributed by atoms with van der Waals surface area (Å²) in [5.74, 6) is -2.18. The molecule has 108 valence electrons. The summed E-state index contributed by atoms with van der Waals surface area (Å²) in [6.07, 6.45) is -0.497. The van der Waals surface area contributed by atoms with Gasteiger partial charge >= 0.3 is 12.0 Å². The smallest absolute Gasteiger partial charge is 0.326 e. The van der Waals surface area contributed by atoms with E-state index in [4.69, 9.17) is 22.4 Å². The molecule has 1 aromatic carbocycles. The Kier molecular flexibility index (Phi) is 6.02. The first-order valence-electron chi connectivity index (χ1n) is 5.33. The van der Waals surface area contributed by atoms with Crippen molar-refractivity contribution in [3.05, 3.63) is 26.8 Å². The predicted octanol–water partition coefficient (Wildman–Crippen LogP) is 1.39. The number of hydrogen-bond donors (Lipinski definition) is 4. The van der Waals surface area contributed by atoms with Crippen LogP contribution in [0.2, 0.25) is 5.02 Å². The Morgan fingerprint density at radius 3 is 2.55 bits per heavy atom. The molecule has 0 radical (unpaired) electrons. The van der Waals surface area contributed by atoms with Crippen LogP contribution in [0.5, 0.6) is 0 Å². The predicted molar refractivity (Wildman–Crippen MR) is 81.6 cm³/mol. The fraction of sp³-hybridized carbons (Fsp3) is 0.182. The van der Waals surface area contributed by atoms with Crippen molar-refractivity contribution in [2.75, 3.05) is 5.32 Å². The molecular formula is C11H11ClIN3O4. The zero-order valence-electron chi connectivity index (χ0n) is 10.0. The Balaban J connectivity index is 2.70. The first-order valence-corrected chi connectivity index (χ1v) is 6.79. The van der Waals surface area contributed by atoms with Crippen LogP contribution in [0.4, 0.5) is 10.5 Å². The lowest BCUT2D eigenvalue weighted by atomic mass is 10.2. The highest BCUT2D eigenvalue weighted by molar-refractivity contribution is 14.1. The maximum absolute atomic E-state index is 11.6. The van der Waals surface area contributed by atoms with Crippen LogP contribution in [0.15, 0.2) is 18.2 Å². The molecule has 0 unspecified atom stereocenters. The zero-order chi connectivity index (χ0) is 15.3. The Bertz CT molecular complexity index is 552. The zero-order valence-corrected chi connectivity index (χ0v) is 12.9. The van der Waals surface area contributed by atoms with E-state index in [-0.39, 0.29) is 0 Å². The second-order valence-corrected chi connectivity index (χ2v) is 5.44. The van der Waals surface area contributed by atoms with Crippen molar-refractivity contribution in [2.24, 2.45) is 5.73 Å². The number of carboxylic acid groups (broad SMARTS) is 1. The van der Waals surface area contributed by atoms with Gasteiger partial charge < -0.3 is 21.5 Å². The van der Waals surface area contributed by atoms with E-state index in [1.165, 1.54) is 0 Å². The molecule has 20 heavy (non-hydrogen) atoms. The number of carbonyl (C=O) groups is 3. The summed E-state index contributed by atoms with van der Waals surface area (Å²) in [6.45, 7) is 0. The summed E-state index contributed by atoms with van der Waals surface area (Å²) < 4.78 is 0.885. The maximum atomic E-state index is 11.6. The first-order chi connectivity index (χ1) is 9.29. The van der Waals surface area contributed by atoms with Gasteiger partial charge in [0.1, 0.15) is 6.04 Å². The summed E-state index contributed by atoms with van der Waals surface area (Å²) >= 11 is 7.97. The highest BCUT2D eigenvalue weighted by atomic mass is 127. The number of carboxylic acids is 1. The van der Waals surface area contributed by atoms with Crippen molar-refractivity contribution >= 4 is 57.8 Å². The van der Waals surface area contributed by atoms with Crippen molar-refractivity contribution < 1.29 is 19.5 Å². The second kappa shape index (κ2) is 7.29. The first kappa shape index (κ1) is 16.5. The largest absolute Gasteiger partial charge is 0.480 e. The molecule has 9 heteroatoms. The molecule has 5 N–H and O–H groups in total. The maximum Gasteiger partial charge on any atom is 0.326 e. The molecule has 0 aliphatic carbocycles. The number of anilines is 1. The number of nitrogens with two attached hydrogens (primary N) is 1. The third-order valence-electron chi connectivity index (χ3n) is 2.19. The summed E-state index contributed by atoms with van der Waals surface area (Å²) in [5.41, 5.74) is 5.23. The molecule has 0 fully saturated rings. The monoisotopic (exact) mass is 411 g/mol. The lowest BCUT2D eigenvalue weighted by Crippen LogP contribution is -2.45. The summed E-state index contributed by atoms with van der Waals surface area (Å²) in [4.78, 5) is 33.2. The van der Waals surface area contributed by atoms with Crippen LogP contribution in [-0.4, -0.2) is 29.1 Å². The van der Waals surface area contributed by atoms with E-state index in [9.17, 15) is 14.4 Å². The molecule has 0 saturated carbocycles. The van der Waals surface area contributed by atoms with Gasteiger partial charge in [0, 0.05) is 3.57 Å². The summed E-state index contributed by atoms with van der Waals surface area (Å²) in [7, 11) is 0. The second-order valence-electron chi connectivity index (χ2n) is 3.78. The normalized spacial score (nSPS) is 11.5. The minimum atomic E-state index is -1.39. The number of rotatable bonds is 5. The van der Waals surface area contributed by atoms with Crippen LogP contribution in [0.25, 0.3) is 0 Å². The number of benzene rings is 1. The van der Waals surface area contributed by atoms with Crippen LogP contribution >= 0.6 is 34.2 Å². The van der Waals surface area contributed by atoms with Crippen LogP contribution < -0.4 is 16.4 Å². The van der Waals surface area contributed by atoms with Gasteiger partial charge in [-0.25, -0.2) is 9.59 Å². The molecule has 1 rings (SSSR count). The number of nitrogens with one attached hydrogen (secondary N) is 2. The number of amides is 3. The van der Waals surface area contributed by atoms with E-state index in [1.807, 2.05) is 0 Å². The fourth-order valence-electron chi connectivity index (χ4n) is 1.31. The minimum Gasteiger partial charge on any atom is -0.480 e. The van der Waals surface area contributed by atoms with Gasteiger partial charge in [-0.2, -0.15) is 0 Å². The molecule has 1 aromatic rings. The van der Waals surface area contributed by atoms with Crippen molar-refractivity contribution in [3.8, 4) is 0 Å². The van der Waals surface area contributed by atoms with Crippen LogP contribution in [0.1, 0.15) is 6.42 Å². The van der Waals surface area contributed by atoms with Crippen molar-refractivity contribution in [3.63, 3.8) is 0 Å². The van der Waals surface area contributed by atoms with Crippen LogP contribution in [-0.2, 0) is 9.59 Å². The van der Waals surface area contributed by atoms with Gasteiger partial charge in [-0.3, -0.25) is 4.79 Å². The van der Waals surface area contributed by atoms with Gasteiger partial charge in [-0.15, -0.1) is 0 Å². The summed E-state index contributed by atoms with van der Waals surface area (Å²) in [6, 6.07) is 2.75. The average Bonchev–Trinajstić information content (AvgIpc) is 2.31. The molecule has 1 atom stereocenters. The van der Waals surface area contributed by atoms with Crippen LogP contribution in [0.3, 0.4) is 0 Å². The molecule has 7 nitrogen and oxygen atoms in total. The Morgan fingerprint density at radius 1 is 1.40 bits per heavy atom. The topological polar surface area (TPSA) is 122 Å². The molecule has 0 spiro atoms. The number of hydrogen-bond acceptors (Lipinski definition) is 3. The van der Waals surface area contributed by atoms with Crippen LogP contribution in [0, 0.1) is 3.57 Å². The van der Waals surface area contributed by atoms with E-state index in [1.54, 1.807) is 18.2 Å². The number of primary amides is 1. The Labute approximate surface area is 133 Å². The third-order valence-corrected chi connectivity index (χ3v) is 3.17.